The molecule has 7 aromatic rings. The second-order valence-corrected chi connectivity index (χ2v) is 29.0. The number of thiophene rings is 1. The van der Waals surface area contributed by atoms with Gasteiger partial charge in [-0.2, -0.15) is 0 Å². The summed E-state index contributed by atoms with van der Waals surface area (Å²) in [5.41, 5.74) is 22.7. The van der Waals surface area contributed by atoms with E-state index in [1.54, 1.807) is 0 Å². The van der Waals surface area contributed by atoms with Gasteiger partial charge in [0.2, 0.25) is 0 Å². The lowest BCUT2D eigenvalue weighted by atomic mass is 9.36. The van der Waals surface area contributed by atoms with Gasteiger partial charge in [0.05, 0.1) is 11.4 Å². The van der Waals surface area contributed by atoms with Gasteiger partial charge in [-0.25, -0.2) is 0 Å². The zero-order valence-corrected chi connectivity index (χ0v) is 47.0. The predicted octanol–water partition coefficient (Wildman–Crippen LogP) is 17.5. The molecular weight excluding hydrogens is 864 g/mol. The van der Waals surface area contributed by atoms with Crippen LogP contribution in [0, 0.1) is 0 Å². The molecule has 1 aromatic heterocycles. The third-order valence-corrected chi connectivity index (χ3v) is 17.7. The number of hydrogen-bond acceptors (Lipinski definition) is 3. The Kier molecular flexibility index (Phi) is 10.9. The van der Waals surface area contributed by atoms with Crippen LogP contribution in [0.2, 0.25) is 0 Å². The minimum absolute atomic E-state index is 0.00300. The second kappa shape index (κ2) is 15.7. The molecule has 1 aliphatic carbocycles. The summed E-state index contributed by atoms with van der Waals surface area (Å²) in [4.78, 5) is 5.42. The van der Waals surface area contributed by atoms with Crippen molar-refractivity contribution in [3.05, 3.63) is 148 Å². The maximum atomic E-state index is 2.73. The Morgan fingerprint density at radius 3 is 1.54 bits per heavy atom. The van der Waals surface area contributed by atoms with E-state index in [4.69, 9.17) is 0 Å². The van der Waals surface area contributed by atoms with Gasteiger partial charge in [0.15, 0.2) is 0 Å². The predicted molar refractivity (Wildman–Crippen MR) is 310 cm³/mol. The number of benzene rings is 6. The summed E-state index contributed by atoms with van der Waals surface area (Å²) in [6, 6.07) is 44.4. The van der Waals surface area contributed by atoms with Gasteiger partial charge in [0.1, 0.15) is 0 Å². The molecule has 0 radical (unpaired) electrons. The van der Waals surface area contributed by atoms with E-state index in [0.29, 0.717) is 0 Å². The molecule has 3 heterocycles. The van der Waals surface area contributed by atoms with Gasteiger partial charge in [-0.3, -0.25) is 0 Å². The van der Waals surface area contributed by atoms with Gasteiger partial charge in [-0.05, 0) is 161 Å². The lowest BCUT2D eigenvalue weighted by Gasteiger charge is -2.46. The molecule has 0 bridgehead atoms. The summed E-state index contributed by atoms with van der Waals surface area (Å²) >= 11 is 2.01. The molecule has 0 fully saturated rings. The number of rotatable bonds is 3. The molecule has 2 aliphatic heterocycles. The van der Waals surface area contributed by atoms with E-state index in [0.717, 1.165) is 0 Å². The van der Waals surface area contributed by atoms with Gasteiger partial charge in [0.25, 0.3) is 6.71 Å². The number of anilines is 6. The van der Waals surface area contributed by atoms with E-state index in [9.17, 15) is 0 Å². The number of fused-ring (bicyclic) bond motifs is 7. The van der Waals surface area contributed by atoms with Crippen LogP contribution in [0.15, 0.2) is 109 Å². The molecular formula is C66H79BN2S. The SMILES string of the molecule is CC(C)(C)c1ccc(-c2cc(C(C)(C)C)ccc2N2c3cc(C(C)(C)C)ccc3B3c4sc5ccc(C(C)(C)C)cc5c4N(c4ccc5c(c4)C(C)(C)CCC5(C)C)c4cc(C(C)(C)C)cc2c43)cc1. The Balaban J connectivity index is 1.36. The third kappa shape index (κ3) is 7.98. The summed E-state index contributed by atoms with van der Waals surface area (Å²) in [6.45, 7) is 45.2. The van der Waals surface area contributed by atoms with Crippen molar-refractivity contribution in [1.29, 1.82) is 0 Å². The molecule has 0 unspecified atom stereocenters. The zero-order valence-electron chi connectivity index (χ0n) is 46.2. The first kappa shape index (κ1) is 48.6. The van der Waals surface area contributed by atoms with Crippen LogP contribution in [-0.2, 0) is 37.9 Å². The lowest BCUT2D eigenvalue weighted by molar-refractivity contribution is 0.332. The van der Waals surface area contributed by atoms with Crippen molar-refractivity contribution in [1.82, 2.24) is 0 Å². The van der Waals surface area contributed by atoms with Crippen LogP contribution in [0.1, 0.15) is 183 Å². The smallest absolute Gasteiger partial charge is 0.264 e. The van der Waals surface area contributed by atoms with Crippen molar-refractivity contribution in [3.63, 3.8) is 0 Å². The van der Waals surface area contributed by atoms with Crippen LogP contribution in [0.5, 0.6) is 0 Å². The highest BCUT2D eigenvalue weighted by molar-refractivity contribution is 7.33. The van der Waals surface area contributed by atoms with Crippen LogP contribution < -0.4 is 25.5 Å². The van der Waals surface area contributed by atoms with E-state index in [1.165, 1.54) is 123 Å². The Labute approximate surface area is 427 Å². The van der Waals surface area contributed by atoms with Gasteiger partial charge >= 0.3 is 0 Å². The molecule has 4 heteroatoms. The number of hydrogen-bond donors (Lipinski definition) is 0. The fourth-order valence-corrected chi connectivity index (χ4v) is 13.0. The molecule has 0 amide bonds. The third-order valence-electron chi connectivity index (χ3n) is 16.5. The molecule has 0 spiro atoms. The number of nitrogens with zero attached hydrogens (tertiary/aromatic N) is 2. The molecule has 10 rings (SSSR count). The minimum Gasteiger partial charge on any atom is -0.311 e. The van der Waals surface area contributed by atoms with E-state index >= 15 is 0 Å². The molecule has 0 saturated carbocycles. The van der Waals surface area contributed by atoms with Crippen molar-refractivity contribution in [2.45, 2.75) is 182 Å². The molecule has 70 heavy (non-hydrogen) atoms. The van der Waals surface area contributed by atoms with Crippen molar-refractivity contribution in [2.24, 2.45) is 0 Å². The lowest BCUT2D eigenvalue weighted by Crippen LogP contribution is -2.60. The Morgan fingerprint density at radius 2 is 0.943 bits per heavy atom. The minimum atomic E-state index is -0.133. The van der Waals surface area contributed by atoms with E-state index in [1.807, 2.05) is 11.3 Å². The molecule has 0 N–H and O–H groups in total. The maximum Gasteiger partial charge on any atom is 0.264 e. The average Bonchev–Trinajstić information content (AvgIpc) is 3.64. The standard InChI is InChI=1S/C66H79BN2S/c1-60(2,3)41-22-20-40(21-23-41)47-34-42(61(4,5)6)25-30-52(47)69-53-36-44(63(10,11)12)24-29-51(53)67-57-54(37-45(38-55(57)69)64(13,14)15)68(46-27-28-49-50(39-46)66(18,19)33-32-65(49,16)17)58-48-35-43(62(7,8)9)26-31-56(48)70-59(58)67/h20-31,34-39H,32-33H2,1-19H3. The van der Waals surface area contributed by atoms with E-state index in [2.05, 4.69) is 251 Å². The summed E-state index contributed by atoms with van der Waals surface area (Å²) in [5, 5.41) is 1.35. The van der Waals surface area contributed by atoms with E-state index < -0.39 is 0 Å². The molecule has 362 valence electrons. The van der Waals surface area contributed by atoms with Crippen LogP contribution in [0.25, 0.3) is 21.2 Å². The molecule has 3 aliphatic rings. The summed E-state index contributed by atoms with van der Waals surface area (Å²) in [7, 11) is 0. The van der Waals surface area contributed by atoms with Gasteiger partial charge < -0.3 is 9.80 Å². The van der Waals surface area contributed by atoms with E-state index in [-0.39, 0.29) is 44.6 Å². The highest BCUT2D eigenvalue weighted by atomic mass is 32.1. The summed E-state index contributed by atoms with van der Waals surface area (Å²) in [6.07, 6.45) is 2.37. The Hall–Kier alpha value is -5.06. The van der Waals surface area contributed by atoms with Crippen LogP contribution in [0.4, 0.5) is 34.1 Å². The van der Waals surface area contributed by atoms with Gasteiger partial charge in [-0.1, -0.05) is 186 Å². The summed E-state index contributed by atoms with van der Waals surface area (Å²) < 4.78 is 2.78. The van der Waals surface area contributed by atoms with Crippen LogP contribution in [0.3, 0.4) is 0 Å². The first-order chi connectivity index (χ1) is 32.3. The zero-order chi connectivity index (χ0) is 50.6. The fraction of sp³-hybridized carbons (Fsp3) is 0.424. The summed E-state index contributed by atoms with van der Waals surface area (Å²) in [5.74, 6) is 0. The van der Waals surface area contributed by atoms with Gasteiger partial charge in [-0.15, -0.1) is 11.3 Å². The van der Waals surface area contributed by atoms with Crippen molar-refractivity contribution in [2.75, 3.05) is 9.80 Å². The molecule has 2 nitrogen and oxygen atoms in total. The van der Waals surface area contributed by atoms with Crippen molar-refractivity contribution in [3.8, 4) is 11.1 Å². The normalized spacial score (nSPS) is 16.5. The second-order valence-electron chi connectivity index (χ2n) is 27.9. The van der Waals surface area contributed by atoms with Gasteiger partial charge in [0, 0.05) is 43.2 Å². The van der Waals surface area contributed by atoms with Crippen LogP contribution >= 0.6 is 11.3 Å². The molecule has 0 saturated heterocycles. The Bertz CT molecular complexity index is 3230. The monoisotopic (exact) mass is 943 g/mol. The fourth-order valence-electron chi connectivity index (χ4n) is 11.7. The van der Waals surface area contributed by atoms with Crippen molar-refractivity contribution >= 4 is 78.0 Å². The first-order valence-electron chi connectivity index (χ1n) is 26.3. The first-order valence-corrected chi connectivity index (χ1v) is 27.1. The molecule has 0 atom stereocenters. The topological polar surface area (TPSA) is 6.48 Å². The van der Waals surface area contributed by atoms with Crippen molar-refractivity contribution < 1.29 is 0 Å². The van der Waals surface area contributed by atoms with Crippen LogP contribution in [-0.4, -0.2) is 6.71 Å². The quantitative estimate of drug-likeness (QED) is 0.163. The molecule has 6 aromatic carbocycles. The highest BCUT2D eigenvalue weighted by Crippen LogP contribution is 2.54. The largest absolute Gasteiger partial charge is 0.311 e. The Morgan fingerprint density at radius 1 is 0.443 bits per heavy atom. The highest BCUT2D eigenvalue weighted by Gasteiger charge is 2.47. The average molecular weight is 943 g/mol. The maximum absolute atomic E-state index is 2.73.